The van der Waals surface area contributed by atoms with Crippen LogP contribution in [0.25, 0.3) is 0 Å². The first-order chi connectivity index (χ1) is 5.63. The molecule has 0 saturated heterocycles. The highest BCUT2D eigenvalue weighted by Crippen LogP contribution is 2.05. The van der Waals surface area contributed by atoms with Gasteiger partial charge in [0.25, 0.3) is 0 Å². The van der Waals surface area contributed by atoms with Crippen molar-refractivity contribution in [3.05, 3.63) is 12.2 Å². The summed E-state index contributed by atoms with van der Waals surface area (Å²) < 4.78 is 4.62. The van der Waals surface area contributed by atoms with E-state index in [0.29, 0.717) is 0 Å². The monoisotopic (exact) mass is 176 g/mol. The van der Waals surface area contributed by atoms with Gasteiger partial charge in [0.15, 0.2) is 0 Å². The third kappa shape index (κ3) is 3.47. The zero-order valence-electron chi connectivity index (χ0n) is 7.07. The van der Waals surface area contributed by atoms with E-state index < -0.39 is 12.1 Å². The summed E-state index contributed by atoms with van der Waals surface area (Å²) in [6.07, 6.45) is -0.728. The highest BCUT2D eigenvalue weighted by molar-refractivity contribution is 5.88. The smallest absolute Gasteiger partial charge is 0.336 e. The van der Waals surface area contributed by atoms with Crippen molar-refractivity contribution in [2.45, 2.75) is 20.0 Å². The van der Waals surface area contributed by atoms with Gasteiger partial charge in [0.1, 0.15) is 6.10 Å². The van der Waals surface area contributed by atoms with Gasteiger partial charge in [-0.3, -0.25) is 0 Å². The van der Waals surface area contributed by atoms with Gasteiger partial charge in [0.05, 0.1) is 12.2 Å². The normalized spacial score (nSPS) is 12.2. The predicted octanol–water partition coefficient (Wildman–Crippen LogP) is 0.915. The summed E-state index contributed by atoms with van der Waals surface area (Å²) in [5, 5.41) is 11.3. The lowest BCUT2D eigenvalue weighted by Gasteiger charge is -2.10. The second kappa shape index (κ2) is 5.70. The summed E-state index contributed by atoms with van der Waals surface area (Å²) >= 11 is 0. The van der Waals surface area contributed by atoms with Crippen LogP contribution in [0.1, 0.15) is 13.8 Å². The van der Waals surface area contributed by atoms with E-state index in [4.69, 9.17) is 5.26 Å². The average molecular weight is 176 g/mol. The number of ether oxygens (including phenoxy) is 1. The molecule has 1 unspecified atom stereocenters. The van der Waals surface area contributed by atoms with Crippen LogP contribution in [0.5, 0.6) is 0 Å². The average Bonchev–Trinajstić information content (AvgIpc) is 2.04. The molecular formula is C7H12O5. The molecule has 0 heterocycles. The largest absolute Gasteiger partial charge is 0.463 e. The lowest BCUT2D eigenvalue weighted by molar-refractivity contribution is -0.500. The molecule has 0 bridgehead atoms. The third-order valence-electron chi connectivity index (χ3n) is 1.22. The Morgan fingerprint density at radius 3 is 2.67 bits per heavy atom. The summed E-state index contributed by atoms with van der Waals surface area (Å²) in [6, 6.07) is 0. The number of rotatable bonds is 5. The van der Waals surface area contributed by atoms with Crippen molar-refractivity contribution in [3.63, 3.8) is 0 Å². The Bertz CT molecular complexity index is 165. The molecule has 0 spiro atoms. The van der Waals surface area contributed by atoms with E-state index in [1.807, 2.05) is 0 Å². The molecule has 0 amide bonds. The van der Waals surface area contributed by atoms with E-state index in [9.17, 15) is 4.79 Å². The maximum atomic E-state index is 10.9. The van der Waals surface area contributed by atoms with Crippen LogP contribution in [0.2, 0.25) is 0 Å². The maximum absolute atomic E-state index is 10.9. The Morgan fingerprint density at radius 1 is 1.67 bits per heavy atom. The van der Waals surface area contributed by atoms with Crippen molar-refractivity contribution in [3.8, 4) is 0 Å². The molecule has 12 heavy (non-hydrogen) atoms. The van der Waals surface area contributed by atoms with Crippen molar-refractivity contribution < 1.29 is 24.7 Å². The minimum Gasteiger partial charge on any atom is -0.463 e. The molecule has 0 saturated carbocycles. The minimum absolute atomic E-state index is 0.0888. The van der Waals surface area contributed by atoms with Crippen molar-refractivity contribution in [1.29, 1.82) is 0 Å². The summed E-state index contributed by atoms with van der Waals surface area (Å²) in [5.41, 5.74) is 0.0888. The Kier molecular flexibility index (Phi) is 5.27. The molecule has 0 radical (unpaired) electrons. The van der Waals surface area contributed by atoms with Crippen molar-refractivity contribution in [2.24, 2.45) is 0 Å². The molecule has 1 atom stereocenters. The Balaban J connectivity index is 3.91. The van der Waals surface area contributed by atoms with Crippen LogP contribution in [0.3, 0.4) is 0 Å². The van der Waals surface area contributed by atoms with Crippen molar-refractivity contribution in [2.75, 3.05) is 6.61 Å². The van der Waals surface area contributed by atoms with Crippen LogP contribution in [0, 0.1) is 0 Å². The van der Waals surface area contributed by atoms with E-state index >= 15 is 0 Å². The minimum atomic E-state index is -0.728. The van der Waals surface area contributed by atoms with Gasteiger partial charge in [-0.1, -0.05) is 11.6 Å². The van der Waals surface area contributed by atoms with Crippen LogP contribution in [-0.4, -0.2) is 23.9 Å². The second-order valence-corrected chi connectivity index (χ2v) is 2.06. The van der Waals surface area contributed by atoms with Gasteiger partial charge in [0, 0.05) is 0 Å². The number of carbonyl (C=O) groups excluding carboxylic acids is 1. The Hall–Kier alpha value is -0.910. The standard InChI is InChI=1S/C7H12O5/c1-4-10-7(8)5(2)6(3)11-12-9/h6,9H,2,4H2,1,3H3. The quantitative estimate of drug-likeness (QED) is 0.292. The molecule has 0 fully saturated rings. The fourth-order valence-electron chi connectivity index (χ4n) is 0.512. The molecule has 5 nitrogen and oxygen atoms in total. The predicted molar refractivity (Wildman–Crippen MR) is 40.0 cm³/mol. The first kappa shape index (κ1) is 11.1. The Morgan fingerprint density at radius 2 is 2.25 bits per heavy atom. The zero-order chi connectivity index (χ0) is 9.56. The number of hydrogen-bond acceptors (Lipinski definition) is 5. The van der Waals surface area contributed by atoms with Gasteiger partial charge in [-0.05, 0) is 13.8 Å². The van der Waals surface area contributed by atoms with Crippen LogP contribution in [-0.2, 0) is 19.5 Å². The van der Waals surface area contributed by atoms with E-state index in [-0.39, 0.29) is 12.2 Å². The highest BCUT2D eigenvalue weighted by atomic mass is 17.5. The highest BCUT2D eigenvalue weighted by Gasteiger charge is 2.16. The maximum Gasteiger partial charge on any atom is 0.336 e. The van der Waals surface area contributed by atoms with Crippen molar-refractivity contribution in [1.82, 2.24) is 0 Å². The number of hydrogen-bond donors (Lipinski definition) is 1. The molecule has 0 aliphatic rings. The topological polar surface area (TPSA) is 65.0 Å². The molecule has 1 N–H and O–H groups in total. The van der Waals surface area contributed by atoms with Gasteiger partial charge >= 0.3 is 5.97 Å². The lowest BCUT2D eigenvalue weighted by Crippen LogP contribution is -2.19. The van der Waals surface area contributed by atoms with Gasteiger partial charge in [-0.25, -0.2) is 10.1 Å². The SMILES string of the molecule is C=C(C(=O)OCC)C(C)OOO. The van der Waals surface area contributed by atoms with Gasteiger partial charge in [-0.2, -0.15) is 4.89 Å². The molecule has 0 aliphatic heterocycles. The molecular weight excluding hydrogens is 164 g/mol. The Labute approximate surface area is 70.4 Å². The molecule has 70 valence electrons. The molecule has 0 aromatic rings. The lowest BCUT2D eigenvalue weighted by atomic mass is 10.2. The molecule has 5 heteroatoms. The molecule has 0 aliphatic carbocycles. The summed E-state index contributed by atoms with van der Waals surface area (Å²) in [6.45, 7) is 6.84. The van der Waals surface area contributed by atoms with Gasteiger partial charge in [-0.15, -0.1) is 0 Å². The van der Waals surface area contributed by atoms with Crippen LogP contribution in [0.15, 0.2) is 12.2 Å². The first-order valence-electron chi connectivity index (χ1n) is 3.46. The van der Waals surface area contributed by atoms with E-state index in [1.165, 1.54) is 6.92 Å². The molecule has 0 aromatic carbocycles. The fraction of sp³-hybridized carbons (Fsp3) is 0.571. The number of carbonyl (C=O) groups is 1. The second-order valence-electron chi connectivity index (χ2n) is 2.06. The van der Waals surface area contributed by atoms with Crippen LogP contribution >= 0.6 is 0 Å². The summed E-state index contributed by atoms with van der Waals surface area (Å²) in [5.74, 6) is -0.568. The van der Waals surface area contributed by atoms with Crippen molar-refractivity contribution >= 4 is 5.97 Å². The summed E-state index contributed by atoms with van der Waals surface area (Å²) in [7, 11) is 0. The van der Waals surface area contributed by atoms with E-state index in [2.05, 4.69) is 21.2 Å². The number of esters is 1. The van der Waals surface area contributed by atoms with Crippen LogP contribution < -0.4 is 0 Å². The van der Waals surface area contributed by atoms with Gasteiger partial charge < -0.3 is 4.74 Å². The molecule has 0 rings (SSSR count). The van der Waals surface area contributed by atoms with E-state index in [0.717, 1.165) is 0 Å². The summed E-state index contributed by atoms with van der Waals surface area (Å²) in [4.78, 5) is 15.1. The van der Waals surface area contributed by atoms with Crippen LogP contribution in [0.4, 0.5) is 0 Å². The fourth-order valence-corrected chi connectivity index (χ4v) is 0.512. The van der Waals surface area contributed by atoms with E-state index in [1.54, 1.807) is 6.92 Å². The molecule has 0 aromatic heterocycles. The zero-order valence-corrected chi connectivity index (χ0v) is 7.07. The first-order valence-corrected chi connectivity index (χ1v) is 3.46. The van der Waals surface area contributed by atoms with Gasteiger partial charge in [0.2, 0.25) is 0 Å². The third-order valence-corrected chi connectivity index (χ3v) is 1.22.